The summed E-state index contributed by atoms with van der Waals surface area (Å²) in [7, 11) is 0. The zero-order chi connectivity index (χ0) is 15.4. The average Bonchev–Trinajstić information content (AvgIpc) is 3.21. The van der Waals surface area contributed by atoms with Gasteiger partial charge < -0.3 is 14.4 Å². The van der Waals surface area contributed by atoms with E-state index in [1.165, 1.54) is 19.3 Å². The number of likely N-dealkylation sites (tertiary alicyclic amines) is 1. The lowest BCUT2D eigenvalue weighted by Crippen LogP contribution is -2.54. The molecular weight excluding hydrogens is 278 g/mol. The van der Waals surface area contributed by atoms with Crippen LogP contribution in [0.2, 0.25) is 0 Å². The summed E-state index contributed by atoms with van der Waals surface area (Å²) in [4.78, 5) is 14.7. The fourth-order valence-electron chi connectivity index (χ4n) is 4.22. The molecule has 2 saturated carbocycles. The van der Waals surface area contributed by atoms with Crippen molar-refractivity contribution in [2.45, 2.75) is 58.2 Å². The van der Waals surface area contributed by atoms with Gasteiger partial charge in [0.15, 0.2) is 5.79 Å². The molecule has 2 atom stereocenters. The molecule has 2 aliphatic heterocycles. The van der Waals surface area contributed by atoms with Gasteiger partial charge in [-0.2, -0.15) is 0 Å². The third-order valence-electron chi connectivity index (χ3n) is 6.20. The highest BCUT2D eigenvalue weighted by atomic mass is 16.7. The predicted molar refractivity (Wildman–Crippen MR) is 83.2 cm³/mol. The van der Waals surface area contributed by atoms with Gasteiger partial charge in [-0.3, -0.25) is 4.79 Å². The standard InChI is InChI=1S/C18H29NO3/c1-17(2)11-21-18(22-12-17)6-8-19(9-7-18)16(20)15-10-14(15)13-4-3-5-13/h13-15H,3-12H2,1-2H3/t14-,15-/m0/s1. The van der Waals surface area contributed by atoms with E-state index in [1.54, 1.807) is 0 Å². The van der Waals surface area contributed by atoms with Crippen LogP contribution >= 0.6 is 0 Å². The summed E-state index contributed by atoms with van der Waals surface area (Å²) in [5.41, 5.74) is 0.113. The molecule has 0 unspecified atom stereocenters. The highest BCUT2D eigenvalue weighted by molar-refractivity contribution is 5.81. The van der Waals surface area contributed by atoms with Crippen molar-refractivity contribution in [3.63, 3.8) is 0 Å². The van der Waals surface area contributed by atoms with Gasteiger partial charge in [-0.15, -0.1) is 0 Å². The van der Waals surface area contributed by atoms with Crippen molar-refractivity contribution in [1.82, 2.24) is 4.90 Å². The van der Waals surface area contributed by atoms with Crippen LogP contribution in [0.5, 0.6) is 0 Å². The van der Waals surface area contributed by atoms with Crippen LogP contribution in [-0.2, 0) is 14.3 Å². The van der Waals surface area contributed by atoms with Crippen LogP contribution in [0.15, 0.2) is 0 Å². The predicted octanol–water partition coefficient (Wildman–Crippen LogP) is 2.81. The van der Waals surface area contributed by atoms with Gasteiger partial charge in [0.05, 0.1) is 13.2 Å². The molecule has 0 N–H and O–H groups in total. The molecule has 0 radical (unpaired) electrons. The summed E-state index contributed by atoms with van der Waals surface area (Å²) in [6.45, 7) is 7.46. The third-order valence-corrected chi connectivity index (χ3v) is 6.20. The lowest BCUT2D eigenvalue weighted by Gasteiger charge is -2.47. The van der Waals surface area contributed by atoms with Crippen LogP contribution in [0.1, 0.15) is 52.4 Å². The Morgan fingerprint density at radius 2 is 1.73 bits per heavy atom. The lowest BCUT2D eigenvalue weighted by molar-refractivity contribution is -0.312. The summed E-state index contributed by atoms with van der Waals surface area (Å²) in [6, 6.07) is 0. The first kappa shape index (κ1) is 14.9. The molecule has 4 heteroatoms. The quantitative estimate of drug-likeness (QED) is 0.787. The average molecular weight is 307 g/mol. The fraction of sp³-hybridized carbons (Fsp3) is 0.944. The normalized spacial score (nSPS) is 36.9. The second-order valence-corrected chi connectivity index (χ2v) is 8.67. The summed E-state index contributed by atoms with van der Waals surface area (Å²) in [6.07, 6.45) is 6.89. The number of hydrogen-bond acceptors (Lipinski definition) is 3. The van der Waals surface area contributed by atoms with E-state index in [9.17, 15) is 4.79 Å². The minimum Gasteiger partial charge on any atom is -0.349 e. The topological polar surface area (TPSA) is 38.8 Å². The Balaban J connectivity index is 1.28. The Labute approximate surface area is 133 Å². The lowest BCUT2D eigenvalue weighted by atomic mass is 9.81. The van der Waals surface area contributed by atoms with E-state index in [0.717, 1.165) is 51.5 Å². The number of rotatable bonds is 2. The highest BCUT2D eigenvalue weighted by Crippen LogP contribution is 2.52. The molecule has 2 saturated heterocycles. The fourth-order valence-corrected chi connectivity index (χ4v) is 4.22. The molecule has 0 aromatic carbocycles. The van der Waals surface area contributed by atoms with Crippen molar-refractivity contribution in [1.29, 1.82) is 0 Å². The van der Waals surface area contributed by atoms with Gasteiger partial charge in [0.2, 0.25) is 5.91 Å². The maximum atomic E-state index is 12.6. The Morgan fingerprint density at radius 3 is 2.27 bits per heavy atom. The molecule has 1 spiro atoms. The Kier molecular flexibility index (Phi) is 3.53. The molecule has 2 aliphatic carbocycles. The minimum absolute atomic E-state index is 0.113. The first-order valence-corrected chi connectivity index (χ1v) is 9.05. The van der Waals surface area contributed by atoms with Crippen LogP contribution in [0.4, 0.5) is 0 Å². The van der Waals surface area contributed by atoms with E-state index in [1.807, 2.05) is 0 Å². The van der Waals surface area contributed by atoms with E-state index < -0.39 is 5.79 Å². The highest BCUT2D eigenvalue weighted by Gasteiger charge is 2.51. The number of amides is 1. The molecule has 124 valence electrons. The Hall–Kier alpha value is -0.610. The summed E-state index contributed by atoms with van der Waals surface area (Å²) in [5.74, 6) is 1.90. The van der Waals surface area contributed by atoms with Crippen molar-refractivity contribution >= 4 is 5.91 Å². The number of ether oxygens (including phenoxy) is 2. The monoisotopic (exact) mass is 307 g/mol. The van der Waals surface area contributed by atoms with Crippen LogP contribution < -0.4 is 0 Å². The molecule has 4 aliphatic rings. The van der Waals surface area contributed by atoms with E-state index >= 15 is 0 Å². The Morgan fingerprint density at radius 1 is 1.09 bits per heavy atom. The summed E-state index contributed by atoms with van der Waals surface area (Å²) >= 11 is 0. The van der Waals surface area contributed by atoms with E-state index in [4.69, 9.17) is 9.47 Å². The second kappa shape index (κ2) is 5.20. The van der Waals surface area contributed by atoms with Gasteiger partial charge >= 0.3 is 0 Å². The van der Waals surface area contributed by atoms with Crippen LogP contribution in [-0.4, -0.2) is 42.9 Å². The SMILES string of the molecule is CC1(C)COC2(CCN(C(=O)[C@H]3C[C@H]3C3CCC3)CC2)OC1. The van der Waals surface area contributed by atoms with Crippen molar-refractivity contribution < 1.29 is 14.3 Å². The molecule has 4 nitrogen and oxygen atoms in total. The molecule has 0 bridgehead atoms. The summed E-state index contributed by atoms with van der Waals surface area (Å²) in [5, 5.41) is 0. The van der Waals surface area contributed by atoms with Crippen molar-refractivity contribution in [2.75, 3.05) is 26.3 Å². The van der Waals surface area contributed by atoms with E-state index in [2.05, 4.69) is 18.7 Å². The van der Waals surface area contributed by atoms with E-state index in [-0.39, 0.29) is 5.41 Å². The first-order valence-electron chi connectivity index (χ1n) is 9.05. The van der Waals surface area contributed by atoms with Crippen LogP contribution in [0.25, 0.3) is 0 Å². The van der Waals surface area contributed by atoms with E-state index in [0.29, 0.717) is 17.7 Å². The van der Waals surface area contributed by atoms with Gasteiger partial charge in [-0.05, 0) is 18.3 Å². The maximum absolute atomic E-state index is 12.6. The summed E-state index contributed by atoms with van der Waals surface area (Å²) < 4.78 is 12.1. The van der Waals surface area contributed by atoms with Crippen LogP contribution in [0, 0.1) is 23.2 Å². The molecular formula is C18H29NO3. The van der Waals surface area contributed by atoms with Crippen molar-refractivity contribution in [2.24, 2.45) is 23.2 Å². The number of hydrogen-bond donors (Lipinski definition) is 0. The smallest absolute Gasteiger partial charge is 0.225 e. The van der Waals surface area contributed by atoms with Gasteiger partial charge in [0.1, 0.15) is 0 Å². The first-order chi connectivity index (χ1) is 10.5. The molecule has 4 rings (SSSR count). The van der Waals surface area contributed by atoms with Crippen LogP contribution in [0.3, 0.4) is 0 Å². The number of piperidine rings is 1. The van der Waals surface area contributed by atoms with Gasteiger partial charge in [0.25, 0.3) is 0 Å². The van der Waals surface area contributed by atoms with Gasteiger partial charge in [-0.1, -0.05) is 33.1 Å². The zero-order valence-corrected chi connectivity index (χ0v) is 14.0. The zero-order valence-electron chi connectivity index (χ0n) is 14.0. The third kappa shape index (κ3) is 2.69. The molecule has 22 heavy (non-hydrogen) atoms. The molecule has 0 aromatic heterocycles. The maximum Gasteiger partial charge on any atom is 0.225 e. The number of carbonyl (C=O) groups is 1. The van der Waals surface area contributed by atoms with Crippen molar-refractivity contribution in [3.8, 4) is 0 Å². The largest absolute Gasteiger partial charge is 0.349 e. The number of carbonyl (C=O) groups excluding carboxylic acids is 1. The molecule has 2 heterocycles. The minimum atomic E-state index is -0.413. The van der Waals surface area contributed by atoms with Gasteiger partial charge in [0, 0.05) is 37.3 Å². The van der Waals surface area contributed by atoms with Crippen molar-refractivity contribution in [3.05, 3.63) is 0 Å². The Bertz CT molecular complexity index is 437. The number of nitrogens with zero attached hydrogens (tertiary/aromatic N) is 1. The second-order valence-electron chi connectivity index (χ2n) is 8.67. The molecule has 0 aromatic rings. The molecule has 1 amide bonds. The molecule has 4 fully saturated rings. The van der Waals surface area contributed by atoms with Gasteiger partial charge in [-0.25, -0.2) is 0 Å².